The second-order valence-electron chi connectivity index (χ2n) is 4.12. The number of benzene rings is 2. The van der Waals surface area contributed by atoms with E-state index in [2.05, 4.69) is 6.08 Å². The van der Waals surface area contributed by atoms with Crippen molar-refractivity contribution in [1.29, 1.82) is 0 Å². The van der Waals surface area contributed by atoms with Gasteiger partial charge in [0.25, 0.3) is 0 Å². The zero-order valence-electron chi connectivity index (χ0n) is 10.6. The Bertz CT molecular complexity index is 543. The van der Waals surface area contributed by atoms with Gasteiger partial charge in [0.05, 0.1) is 0 Å². The van der Waals surface area contributed by atoms with Crippen LogP contribution < -0.4 is 0 Å². The van der Waals surface area contributed by atoms with Crippen LogP contribution in [0, 0.1) is 0 Å². The molecule has 0 spiro atoms. The fourth-order valence-electron chi connectivity index (χ4n) is 1.81. The smallest absolute Gasteiger partial charge is 0.0406 e. The number of allylic oxidation sites excluding steroid dienone is 3. The molecule has 0 nitrogen and oxygen atoms in total. The van der Waals surface area contributed by atoms with Crippen LogP contribution in [0.3, 0.4) is 0 Å². The van der Waals surface area contributed by atoms with E-state index >= 15 is 0 Å². The van der Waals surface area contributed by atoms with Crippen LogP contribution in [-0.2, 0) is 0 Å². The van der Waals surface area contributed by atoms with E-state index < -0.39 is 0 Å². The lowest BCUT2D eigenvalue weighted by molar-refractivity contribution is 1.54. The van der Waals surface area contributed by atoms with Crippen molar-refractivity contribution in [1.82, 2.24) is 0 Å². The van der Waals surface area contributed by atoms with E-state index in [1.807, 2.05) is 67.6 Å². The molecule has 0 heterocycles. The van der Waals surface area contributed by atoms with Crippen molar-refractivity contribution in [3.63, 3.8) is 0 Å². The predicted molar refractivity (Wildman–Crippen MR) is 84.8 cm³/mol. The van der Waals surface area contributed by atoms with Crippen LogP contribution in [0.25, 0.3) is 5.57 Å². The Kier molecular flexibility index (Phi) is 4.84. The van der Waals surface area contributed by atoms with Crippen LogP contribution in [0.1, 0.15) is 18.1 Å². The summed E-state index contributed by atoms with van der Waals surface area (Å²) in [5.41, 5.74) is 3.40. The second-order valence-corrected chi connectivity index (χ2v) is 4.99. The van der Waals surface area contributed by atoms with Gasteiger partial charge < -0.3 is 0 Å². The van der Waals surface area contributed by atoms with Crippen molar-refractivity contribution in [3.8, 4) is 0 Å². The van der Waals surface area contributed by atoms with Crippen molar-refractivity contribution < 1.29 is 0 Å². The summed E-state index contributed by atoms with van der Waals surface area (Å²) in [6.45, 7) is 2.00. The number of rotatable bonds is 3. The van der Waals surface area contributed by atoms with E-state index in [4.69, 9.17) is 23.2 Å². The van der Waals surface area contributed by atoms with E-state index in [0.717, 1.165) is 26.7 Å². The van der Waals surface area contributed by atoms with Crippen LogP contribution in [-0.4, -0.2) is 0 Å². The summed E-state index contributed by atoms with van der Waals surface area (Å²) in [7, 11) is 0. The third kappa shape index (κ3) is 3.73. The molecular formula is C17H14Cl2. The van der Waals surface area contributed by atoms with Gasteiger partial charge in [-0.25, -0.2) is 0 Å². The molecule has 0 radical (unpaired) electrons. The third-order valence-electron chi connectivity index (χ3n) is 2.77. The van der Waals surface area contributed by atoms with Crippen LogP contribution in [0.2, 0.25) is 10.0 Å². The largest absolute Gasteiger partial charge is 0.0876 e. The topological polar surface area (TPSA) is 0 Å². The maximum absolute atomic E-state index is 5.94. The van der Waals surface area contributed by atoms with Crippen molar-refractivity contribution in [3.05, 3.63) is 87.9 Å². The molecule has 19 heavy (non-hydrogen) atoms. The molecule has 2 heteroatoms. The highest BCUT2D eigenvalue weighted by Gasteiger charge is 2.04. The molecule has 0 aromatic heterocycles. The molecule has 0 N–H and O–H groups in total. The van der Waals surface area contributed by atoms with Gasteiger partial charge in [-0.2, -0.15) is 0 Å². The average molecular weight is 289 g/mol. The Hall–Kier alpha value is -1.50. The average Bonchev–Trinajstić information content (AvgIpc) is 2.43. The number of hydrogen-bond acceptors (Lipinski definition) is 0. The fraction of sp³-hybridized carbons (Fsp3) is 0.0588. The van der Waals surface area contributed by atoms with Gasteiger partial charge in [-0.3, -0.25) is 0 Å². The van der Waals surface area contributed by atoms with Gasteiger partial charge in [-0.05, 0) is 47.9 Å². The van der Waals surface area contributed by atoms with Gasteiger partial charge in [0.2, 0.25) is 0 Å². The molecule has 0 unspecified atom stereocenters. The Balaban J connectivity index is 2.47. The minimum Gasteiger partial charge on any atom is -0.0876 e. The molecule has 0 aliphatic heterocycles. The maximum atomic E-state index is 5.94. The Morgan fingerprint density at radius 1 is 0.789 bits per heavy atom. The normalized spacial score (nSPS) is 10.7. The number of hydrogen-bond donors (Lipinski definition) is 0. The zero-order valence-corrected chi connectivity index (χ0v) is 12.1. The maximum Gasteiger partial charge on any atom is 0.0406 e. The number of halogens is 2. The minimum absolute atomic E-state index is 0.741. The van der Waals surface area contributed by atoms with Gasteiger partial charge in [0.1, 0.15) is 0 Å². The van der Waals surface area contributed by atoms with E-state index in [9.17, 15) is 0 Å². The third-order valence-corrected chi connectivity index (χ3v) is 3.27. The second kappa shape index (κ2) is 6.60. The van der Waals surface area contributed by atoms with E-state index in [1.165, 1.54) is 0 Å². The highest BCUT2D eigenvalue weighted by Crippen LogP contribution is 2.26. The molecule has 2 aromatic rings. The minimum atomic E-state index is 0.741. The van der Waals surface area contributed by atoms with Gasteiger partial charge >= 0.3 is 0 Å². The standard InChI is InChI=1S/C17H14Cl2/c1-2-3-4-17(13-5-9-15(18)10-6-13)14-7-11-16(19)12-8-14/h2-12H,1H3/b3-2+. The SMILES string of the molecule is C/C=C/C=C(c1ccc(Cl)cc1)c1ccc(Cl)cc1. The lowest BCUT2D eigenvalue weighted by atomic mass is 9.97. The first-order valence-corrected chi connectivity index (χ1v) is 6.81. The zero-order chi connectivity index (χ0) is 13.7. The summed E-state index contributed by atoms with van der Waals surface area (Å²) >= 11 is 11.9. The molecule has 0 bridgehead atoms. The molecule has 96 valence electrons. The fourth-order valence-corrected chi connectivity index (χ4v) is 2.06. The lowest BCUT2D eigenvalue weighted by Crippen LogP contribution is -1.87. The summed E-state index contributed by atoms with van der Waals surface area (Å²) in [5, 5.41) is 1.48. The molecule has 2 aromatic carbocycles. The summed E-state index contributed by atoms with van der Waals surface area (Å²) < 4.78 is 0. The van der Waals surface area contributed by atoms with Gasteiger partial charge in [-0.1, -0.05) is 65.7 Å². The molecular weight excluding hydrogens is 275 g/mol. The van der Waals surface area contributed by atoms with Crippen LogP contribution in [0.15, 0.2) is 66.8 Å². The van der Waals surface area contributed by atoms with Crippen molar-refractivity contribution >= 4 is 28.8 Å². The molecule has 0 fully saturated rings. The van der Waals surface area contributed by atoms with Crippen LogP contribution in [0.5, 0.6) is 0 Å². The van der Waals surface area contributed by atoms with Crippen molar-refractivity contribution in [2.45, 2.75) is 6.92 Å². The lowest BCUT2D eigenvalue weighted by Gasteiger charge is -2.08. The predicted octanol–water partition coefficient (Wildman–Crippen LogP) is 6.00. The van der Waals surface area contributed by atoms with Crippen molar-refractivity contribution in [2.24, 2.45) is 0 Å². The van der Waals surface area contributed by atoms with E-state index in [0.29, 0.717) is 0 Å². The monoisotopic (exact) mass is 288 g/mol. The molecule has 0 aliphatic rings. The first-order chi connectivity index (χ1) is 9.20. The first-order valence-electron chi connectivity index (χ1n) is 6.05. The molecule has 0 saturated carbocycles. The summed E-state index contributed by atoms with van der Waals surface area (Å²) in [5.74, 6) is 0. The molecule has 2 rings (SSSR count). The van der Waals surface area contributed by atoms with Crippen LogP contribution >= 0.6 is 23.2 Å². The summed E-state index contributed by atoms with van der Waals surface area (Å²) in [6, 6.07) is 15.7. The van der Waals surface area contributed by atoms with Gasteiger partial charge in [-0.15, -0.1) is 0 Å². The summed E-state index contributed by atoms with van der Waals surface area (Å²) in [4.78, 5) is 0. The Morgan fingerprint density at radius 2 is 1.21 bits per heavy atom. The van der Waals surface area contributed by atoms with Gasteiger partial charge in [0, 0.05) is 10.0 Å². The molecule has 0 saturated heterocycles. The summed E-state index contributed by atoms with van der Waals surface area (Å²) in [6.07, 6.45) is 6.12. The Labute approximate surface area is 124 Å². The van der Waals surface area contributed by atoms with E-state index in [1.54, 1.807) is 0 Å². The highest BCUT2D eigenvalue weighted by atomic mass is 35.5. The van der Waals surface area contributed by atoms with Crippen LogP contribution in [0.4, 0.5) is 0 Å². The highest BCUT2D eigenvalue weighted by molar-refractivity contribution is 6.31. The Morgan fingerprint density at radius 3 is 1.58 bits per heavy atom. The van der Waals surface area contributed by atoms with Gasteiger partial charge in [0.15, 0.2) is 0 Å². The molecule has 0 aliphatic carbocycles. The molecule has 0 atom stereocenters. The molecule has 0 amide bonds. The first kappa shape index (κ1) is 13.9. The van der Waals surface area contributed by atoms with Crippen molar-refractivity contribution in [2.75, 3.05) is 0 Å². The quantitative estimate of drug-likeness (QED) is 0.608. The van der Waals surface area contributed by atoms with E-state index in [-0.39, 0.29) is 0 Å².